The maximum absolute atomic E-state index is 12.8. The third kappa shape index (κ3) is 47.7. The molecular weight excluding hydrogens is 815 g/mol. The molecule has 0 bridgehead atoms. The summed E-state index contributed by atoms with van der Waals surface area (Å²) in [6.07, 6.45) is 59.7. The molecular formula is C56H91NO8. The molecule has 368 valence electrons. The summed E-state index contributed by atoms with van der Waals surface area (Å²) in [5, 5.41) is 11.7. The number of hydrogen-bond acceptors (Lipinski definition) is 8. The smallest absolute Gasteiger partial charge is 0.306 e. The number of quaternary nitrogens is 1. The second-order valence-corrected chi connectivity index (χ2v) is 17.3. The molecule has 9 nitrogen and oxygen atoms in total. The number of allylic oxidation sites excluding steroid dienone is 18. The minimum absolute atomic E-state index is 0.134. The largest absolute Gasteiger partial charge is 0.545 e. The van der Waals surface area contributed by atoms with Crippen LogP contribution < -0.4 is 5.11 Å². The van der Waals surface area contributed by atoms with Gasteiger partial charge >= 0.3 is 11.9 Å². The van der Waals surface area contributed by atoms with E-state index in [0.717, 1.165) is 116 Å². The molecule has 0 aliphatic heterocycles. The summed E-state index contributed by atoms with van der Waals surface area (Å²) in [6.45, 7) is 4.45. The lowest BCUT2D eigenvalue weighted by Gasteiger charge is -2.26. The second-order valence-electron chi connectivity index (χ2n) is 17.3. The summed E-state index contributed by atoms with van der Waals surface area (Å²) < 4.78 is 22.6. The van der Waals surface area contributed by atoms with Gasteiger partial charge in [-0.3, -0.25) is 9.59 Å². The van der Waals surface area contributed by atoms with E-state index in [2.05, 4.69) is 123 Å². The number of likely N-dealkylation sites (N-methyl/N-ethyl adjacent to an activating group) is 1. The third-order valence-corrected chi connectivity index (χ3v) is 10.0. The zero-order valence-electron chi connectivity index (χ0n) is 41.6. The lowest BCUT2D eigenvalue weighted by molar-refractivity contribution is -0.870. The van der Waals surface area contributed by atoms with E-state index >= 15 is 0 Å². The normalized spacial score (nSPS) is 13.8. The monoisotopic (exact) mass is 906 g/mol. The number of aliphatic carboxylic acids is 1. The van der Waals surface area contributed by atoms with Crippen LogP contribution >= 0.6 is 0 Å². The first-order valence-electron chi connectivity index (χ1n) is 25.0. The van der Waals surface area contributed by atoms with Crippen LogP contribution in [-0.4, -0.2) is 82.3 Å². The SMILES string of the molecule is CC/C=C\C/C=C\C/C=C\C/C=C\C/C=C\C/C=C\CCCCCCC(=O)OC(COC(=O)CCCCCCCCC/C=C\C/C=C\C/C=C\CC)COC(OCC[N+](C)(C)C)C(=O)[O-]. The molecule has 0 radical (unpaired) electrons. The predicted molar refractivity (Wildman–Crippen MR) is 269 cm³/mol. The number of carbonyl (C=O) groups is 3. The van der Waals surface area contributed by atoms with Crippen LogP contribution in [0.3, 0.4) is 0 Å². The number of rotatable bonds is 44. The van der Waals surface area contributed by atoms with Crippen LogP contribution in [0, 0.1) is 0 Å². The van der Waals surface area contributed by atoms with E-state index in [1.54, 1.807) is 0 Å². The van der Waals surface area contributed by atoms with Crippen LogP contribution in [0.25, 0.3) is 0 Å². The Morgan fingerprint density at radius 1 is 0.462 bits per heavy atom. The molecule has 2 atom stereocenters. The van der Waals surface area contributed by atoms with Gasteiger partial charge in [0.15, 0.2) is 12.4 Å². The molecule has 9 heteroatoms. The fraction of sp³-hybridized carbons (Fsp3) is 0.625. The molecule has 0 saturated heterocycles. The molecule has 0 rings (SSSR count). The van der Waals surface area contributed by atoms with Gasteiger partial charge < -0.3 is 33.3 Å². The van der Waals surface area contributed by atoms with Crippen molar-refractivity contribution in [3.63, 3.8) is 0 Å². The maximum atomic E-state index is 12.8. The van der Waals surface area contributed by atoms with Crippen molar-refractivity contribution >= 4 is 17.9 Å². The van der Waals surface area contributed by atoms with Gasteiger partial charge in [0.1, 0.15) is 13.2 Å². The Bertz CT molecular complexity index is 1430. The molecule has 0 fully saturated rings. The standard InChI is InChI=1S/C56H91NO8/c1-6-8-10-12-14-16-18-20-22-24-25-26-27-28-29-31-33-35-37-39-41-43-45-47-54(59)65-52(51-64-56(55(60)61)62-49-48-57(3,4)5)50-63-53(58)46-44-42-40-38-36-34-32-30-23-21-19-17-15-13-11-9-7-2/h8-11,14-17,20-23,25-26,28-29,33,35,52,56H,6-7,12-13,18-19,24,27,30-32,34,36-51H2,1-5H3/b10-8-,11-9-,16-14-,17-15-,22-20-,23-21-,26-25-,29-28-,35-33-. The van der Waals surface area contributed by atoms with Crippen LogP contribution in [-0.2, 0) is 33.3 Å². The zero-order valence-corrected chi connectivity index (χ0v) is 41.6. The molecule has 0 amide bonds. The van der Waals surface area contributed by atoms with Gasteiger partial charge in [-0.1, -0.05) is 168 Å². The number of carbonyl (C=O) groups excluding carboxylic acids is 3. The molecule has 0 spiro atoms. The molecule has 0 aliphatic carbocycles. The average Bonchev–Trinajstić information content (AvgIpc) is 3.27. The molecule has 65 heavy (non-hydrogen) atoms. The van der Waals surface area contributed by atoms with Gasteiger partial charge in [0, 0.05) is 12.8 Å². The Kier molecular flexibility index (Phi) is 43.6. The lowest BCUT2D eigenvalue weighted by atomic mass is 10.1. The number of ether oxygens (including phenoxy) is 4. The minimum Gasteiger partial charge on any atom is -0.545 e. The van der Waals surface area contributed by atoms with Gasteiger partial charge in [-0.25, -0.2) is 0 Å². The van der Waals surface area contributed by atoms with E-state index in [1.165, 1.54) is 19.3 Å². The Hall–Kier alpha value is -4.05. The highest BCUT2D eigenvalue weighted by Gasteiger charge is 2.21. The van der Waals surface area contributed by atoms with Crippen molar-refractivity contribution in [2.75, 3.05) is 47.5 Å². The number of hydrogen-bond donors (Lipinski definition) is 0. The van der Waals surface area contributed by atoms with E-state index in [4.69, 9.17) is 18.9 Å². The number of carboxylic acid groups (broad SMARTS) is 1. The fourth-order valence-electron chi connectivity index (χ4n) is 6.20. The molecule has 0 saturated carbocycles. The van der Waals surface area contributed by atoms with Gasteiger partial charge in [0.2, 0.25) is 0 Å². The number of nitrogens with zero attached hydrogens (tertiary/aromatic N) is 1. The summed E-state index contributed by atoms with van der Waals surface area (Å²) in [6, 6.07) is 0. The average molecular weight is 906 g/mol. The van der Waals surface area contributed by atoms with Gasteiger partial charge in [-0.05, 0) is 96.3 Å². The van der Waals surface area contributed by atoms with Gasteiger partial charge in [-0.2, -0.15) is 0 Å². The molecule has 2 unspecified atom stereocenters. The Morgan fingerprint density at radius 3 is 1.23 bits per heavy atom. The zero-order chi connectivity index (χ0) is 47.7. The van der Waals surface area contributed by atoms with Crippen molar-refractivity contribution < 1.29 is 42.9 Å². The summed E-state index contributed by atoms with van der Waals surface area (Å²) >= 11 is 0. The predicted octanol–water partition coefficient (Wildman–Crippen LogP) is 12.7. The number of esters is 2. The van der Waals surface area contributed by atoms with Crippen LogP contribution in [0.5, 0.6) is 0 Å². The van der Waals surface area contributed by atoms with Gasteiger partial charge in [0.25, 0.3) is 0 Å². The lowest BCUT2D eigenvalue weighted by Crippen LogP contribution is -2.44. The molecule has 0 N–H and O–H groups in total. The molecule has 0 aromatic carbocycles. The number of unbranched alkanes of at least 4 members (excludes halogenated alkanes) is 11. The van der Waals surface area contributed by atoms with Crippen LogP contribution in [0.15, 0.2) is 109 Å². The first-order chi connectivity index (χ1) is 31.6. The van der Waals surface area contributed by atoms with E-state index in [-0.39, 0.29) is 38.6 Å². The molecule has 0 aliphatic rings. The molecule has 0 heterocycles. The Balaban J connectivity index is 4.46. The van der Waals surface area contributed by atoms with E-state index in [0.29, 0.717) is 17.4 Å². The van der Waals surface area contributed by atoms with Crippen molar-refractivity contribution in [2.45, 2.75) is 180 Å². The van der Waals surface area contributed by atoms with E-state index < -0.39 is 24.3 Å². The third-order valence-electron chi connectivity index (χ3n) is 10.0. The first-order valence-corrected chi connectivity index (χ1v) is 25.0. The van der Waals surface area contributed by atoms with Crippen LogP contribution in [0.4, 0.5) is 0 Å². The highest BCUT2D eigenvalue weighted by atomic mass is 16.7. The summed E-state index contributed by atoms with van der Waals surface area (Å²) in [5.41, 5.74) is 0. The van der Waals surface area contributed by atoms with Crippen molar-refractivity contribution in [3.05, 3.63) is 109 Å². The first kappa shape index (κ1) is 60.9. The number of carboxylic acids is 1. The molecule has 0 aromatic heterocycles. The van der Waals surface area contributed by atoms with Gasteiger partial charge in [-0.15, -0.1) is 0 Å². The maximum Gasteiger partial charge on any atom is 0.306 e. The molecule has 0 aromatic rings. The highest BCUT2D eigenvalue weighted by molar-refractivity contribution is 5.70. The summed E-state index contributed by atoms with van der Waals surface area (Å²) in [4.78, 5) is 37.1. The summed E-state index contributed by atoms with van der Waals surface area (Å²) in [7, 11) is 5.89. The topological polar surface area (TPSA) is 111 Å². The van der Waals surface area contributed by atoms with Crippen LogP contribution in [0.1, 0.15) is 168 Å². The van der Waals surface area contributed by atoms with Crippen LogP contribution in [0.2, 0.25) is 0 Å². The second kappa shape index (κ2) is 46.5. The Labute approximate surface area is 396 Å². The highest BCUT2D eigenvalue weighted by Crippen LogP contribution is 2.13. The van der Waals surface area contributed by atoms with Gasteiger partial charge in [0.05, 0.1) is 40.3 Å². The van der Waals surface area contributed by atoms with E-state index in [9.17, 15) is 19.5 Å². The van der Waals surface area contributed by atoms with E-state index in [1.807, 2.05) is 21.1 Å². The quantitative estimate of drug-likeness (QED) is 0.0195. The Morgan fingerprint density at radius 2 is 0.831 bits per heavy atom. The van der Waals surface area contributed by atoms with Crippen molar-refractivity contribution in [1.29, 1.82) is 0 Å². The fourth-order valence-corrected chi connectivity index (χ4v) is 6.20. The van der Waals surface area contributed by atoms with Crippen molar-refractivity contribution in [1.82, 2.24) is 0 Å². The van der Waals surface area contributed by atoms with Crippen molar-refractivity contribution in [2.24, 2.45) is 0 Å². The summed E-state index contributed by atoms with van der Waals surface area (Å²) in [5.74, 6) is -2.35. The minimum atomic E-state index is -1.64. The van der Waals surface area contributed by atoms with Crippen molar-refractivity contribution in [3.8, 4) is 0 Å².